The molecular formula is C17H24BrClN2O4. The van der Waals surface area contributed by atoms with Crippen molar-refractivity contribution in [3.63, 3.8) is 0 Å². The van der Waals surface area contributed by atoms with Crippen molar-refractivity contribution in [3.8, 4) is 0 Å². The van der Waals surface area contributed by atoms with Gasteiger partial charge in [-0.25, -0.2) is 0 Å². The van der Waals surface area contributed by atoms with Gasteiger partial charge in [0.05, 0.1) is 25.2 Å². The van der Waals surface area contributed by atoms with Gasteiger partial charge in [0, 0.05) is 11.0 Å². The number of ether oxygens (including phenoxy) is 2. The third-order valence-corrected chi connectivity index (χ3v) is 4.46. The maximum Gasteiger partial charge on any atom is 0.308 e. The minimum Gasteiger partial charge on any atom is -0.466 e. The lowest BCUT2D eigenvalue weighted by Gasteiger charge is -2.21. The quantitative estimate of drug-likeness (QED) is 0.642. The maximum absolute atomic E-state index is 12.5. The van der Waals surface area contributed by atoms with E-state index in [4.69, 9.17) is 15.2 Å². The first kappa shape index (κ1) is 21.9. The molecule has 8 heteroatoms. The van der Waals surface area contributed by atoms with Crippen molar-refractivity contribution in [2.45, 2.75) is 44.4 Å². The summed E-state index contributed by atoms with van der Waals surface area (Å²) < 4.78 is 11.6. The molecule has 25 heavy (non-hydrogen) atoms. The summed E-state index contributed by atoms with van der Waals surface area (Å²) in [4.78, 5) is 24.3. The molecule has 0 spiro atoms. The number of nitrogens with one attached hydrogen (secondary N) is 1. The molecule has 1 aromatic carbocycles. The number of hydrogen-bond donors (Lipinski definition) is 2. The zero-order valence-corrected chi connectivity index (χ0v) is 16.5. The Hall–Kier alpha value is -1.15. The molecule has 1 aliphatic rings. The summed E-state index contributed by atoms with van der Waals surface area (Å²) in [6.07, 6.45) is 0.903. The highest BCUT2D eigenvalue weighted by molar-refractivity contribution is 9.10. The number of carbonyl (C=O) groups is 2. The smallest absolute Gasteiger partial charge is 0.308 e. The Morgan fingerprint density at radius 3 is 2.60 bits per heavy atom. The van der Waals surface area contributed by atoms with Crippen LogP contribution >= 0.6 is 28.3 Å². The van der Waals surface area contributed by atoms with Crippen molar-refractivity contribution in [2.24, 2.45) is 5.73 Å². The molecule has 0 saturated carbocycles. The number of rotatable bonds is 7. The van der Waals surface area contributed by atoms with Crippen LogP contribution in [0.5, 0.6) is 0 Å². The van der Waals surface area contributed by atoms with Gasteiger partial charge in [-0.3, -0.25) is 9.59 Å². The first-order chi connectivity index (χ1) is 11.5. The van der Waals surface area contributed by atoms with Crippen LogP contribution in [0.4, 0.5) is 0 Å². The van der Waals surface area contributed by atoms with Crippen LogP contribution in [0, 0.1) is 0 Å². The van der Waals surface area contributed by atoms with Crippen LogP contribution in [0.2, 0.25) is 0 Å². The van der Waals surface area contributed by atoms with Gasteiger partial charge in [0.2, 0.25) is 5.91 Å². The van der Waals surface area contributed by atoms with Crippen LogP contribution in [0.1, 0.15) is 37.8 Å². The average molecular weight is 436 g/mol. The minimum absolute atomic E-state index is 0. The number of hydrogen-bond acceptors (Lipinski definition) is 5. The zero-order chi connectivity index (χ0) is 17.5. The Morgan fingerprint density at radius 2 is 2.04 bits per heavy atom. The third-order valence-electron chi connectivity index (χ3n) is 3.93. The fourth-order valence-corrected chi connectivity index (χ4v) is 2.93. The number of benzene rings is 1. The SMILES string of the molecule is CCOC(=O)CC(NC(=O)[C@@H]1CC[C@H](CN)O1)c1ccc(Br)cc1.Cl. The summed E-state index contributed by atoms with van der Waals surface area (Å²) in [5.41, 5.74) is 6.42. The van der Waals surface area contributed by atoms with Gasteiger partial charge in [0.15, 0.2) is 0 Å². The number of nitrogens with two attached hydrogens (primary N) is 1. The Kier molecular flexibility index (Phi) is 9.42. The first-order valence-electron chi connectivity index (χ1n) is 8.10. The molecular weight excluding hydrogens is 412 g/mol. The van der Waals surface area contributed by atoms with Gasteiger partial charge in [0.25, 0.3) is 0 Å². The molecule has 6 nitrogen and oxygen atoms in total. The molecule has 140 valence electrons. The van der Waals surface area contributed by atoms with Crippen LogP contribution in [0.3, 0.4) is 0 Å². The lowest BCUT2D eigenvalue weighted by Crippen LogP contribution is -2.38. The number of carbonyl (C=O) groups excluding carboxylic acids is 2. The van der Waals surface area contributed by atoms with Crippen molar-refractivity contribution in [2.75, 3.05) is 13.2 Å². The van der Waals surface area contributed by atoms with Crippen LogP contribution < -0.4 is 11.1 Å². The van der Waals surface area contributed by atoms with Gasteiger partial charge in [-0.15, -0.1) is 12.4 Å². The van der Waals surface area contributed by atoms with E-state index >= 15 is 0 Å². The molecule has 3 N–H and O–H groups in total. The molecule has 0 aromatic heterocycles. The molecule has 0 aliphatic carbocycles. The Labute approximate surface area is 162 Å². The van der Waals surface area contributed by atoms with E-state index in [2.05, 4.69) is 21.2 Å². The standard InChI is InChI=1S/C17H23BrN2O4.ClH/c1-2-23-16(21)9-14(11-3-5-12(18)6-4-11)20-17(22)15-8-7-13(10-19)24-15;/h3-6,13-15H,2,7-10,19H2,1H3,(H,20,22);1H/t13-,14?,15+;/m1./s1. The lowest BCUT2D eigenvalue weighted by molar-refractivity contribution is -0.144. The second-order valence-electron chi connectivity index (χ2n) is 5.68. The predicted molar refractivity (Wildman–Crippen MR) is 100 cm³/mol. The predicted octanol–water partition coefficient (Wildman–Crippen LogP) is 2.49. The van der Waals surface area contributed by atoms with Crippen molar-refractivity contribution in [1.29, 1.82) is 0 Å². The molecule has 1 amide bonds. The summed E-state index contributed by atoms with van der Waals surface area (Å²) in [7, 11) is 0. The molecule has 2 rings (SSSR count). The van der Waals surface area contributed by atoms with E-state index in [9.17, 15) is 9.59 Å². The summed E-state index contributed by atoms with van der Waals surface area (Å²) in [5, 5.41) is 2.91. The molecule has 3 atom stereocenters. The van der Waals surface area contributed by atoms with E-state index < -0.39 is 12.1 Å². The van der Waals surface area contributed by atoms with Gasteiger partial charge in [-0.05, 0) is 37.5 Å². The second-order valence-corrected chi connectivity index (χ2v) is 6.60. The van der Waals surface area contributed by atoms with E-state index in [0.29, 0.717) is 19.6 Å². The van der Waals surface area contributed by atoms with E-state index in [1.807, 2.05) is 24.3 Å². The molecule has 1 fully saturated rings. The highest BCUT2D eigenvalue weighted by Gasteiger charge is 2.31. The highest BCUT2D eigenvalue weighted by Crippen LogP contribution is 2.23. The van der Waals surface area contributed by atoms with Gasteiger partial charge < -0.3 is 20.5 Å². The lowest BCUT2D eigenvalue weighted by atomic mass is 10.0. The van der Waals surface area contributed by atoms with E-state index in [0.717, 1.165) is 16.5 Å². The molecule has 1 aliphatic heterocycles. The van der Waals surface area contributed by atoms with Crippen molar-refractivity contribution in [1.82, 2.24) is 5.32 Å². The molecule has 1 heterocycles. The molecule has 1 saturated heterocycles. The normalized spacial score (nSPS) is 20.4. The van der Waals surface area contributed by atoms with Gasteiger partial charge >= 0.3 is 5.97 Å². The second kappa shape index (κ2) is 10.8. The highest BCUT2D eigenvalue weighted by atomic mass is 79.9. The summed E-state index contributed by atoms with van der Waals surface area (Å²) >= 11 is 3.38. The van der Waals surface area contributed by atoms with Gasteiger partial charge in [-0.1, -0.05) is 28.1 Å². The molecule has 0 bridgehead atoms. The molecule has 0 radical (unpaired) electrons. The van der Waals surface area contributed by atoms with Crippen LogP contribution in [0.15, 0.2) is 28.7 Å². The Morgan fingerprint density at radius 1 is 1.36 bits per heavy atom. The zero-order valence-electron chi connectivity index (χ0n) is 14.1. The summed E-state index contributed by atoms with van der Waals surface area (Å²) in [6, 6.07) is 7.02. The fourth-order valence-electron chi connectivity index (χ4n) is 2.67. The molecule has 1 aromatic rings. The van der Waals surface area contributed by atoms with Crippen LogP contribution in [0.25, 0.3) is 0 Å². The largest absolute Gasteiger partial charge is 0.466 e. The minimum atomic E-state index is -0.515. The summed E-state index contributed by atoms with van der Waals surface area (Å²) in [6.45, 7) is 2.47. The van der Waals surface area contributed by atoms with E-state index in [1.165, 1.54) is 0 Å². The number of halogens is 2. The van der Waals surface area contributed by atoms with Crippen LogP contribution in [-0.2, 0) is 19.1 Å². The van der Waals surface area contributed by atoms with E-state index in [1.54, 1.807) is 6.92 Å². The fraction of sp³-hybridized carbons (Fsp3) is 0.529. The molecule has 1 unspecified atom stereocenters. The Balaban J connectivity index is 0.00000312. The summed E-state index contributed by atoms with van der Waals surface area (Å²) in [5.74, 6) is -0.568. The average Bonchev–Trinajstić information content (AvgIpc) is 3.04. The van der Waals surface area contributed by atoms with Crippen molar-refractivity contribution >= 4 is 40.2 Å². The Bertz CT molecular complexity index is 570. The number of amides is 1. The van der Waals surface area contributed by atoms with Crippen LogP contribution in [-0.4, -0.2) is 37.2 Å². The van der Waals surface area contributed by atoms with Gasteiger partial charge in [0.1, 0.15) is 6.10 Å². The van der Waals surface area contributed by atoms with Gasteiger partial charge in [-0.2, -0.15) is 0 Å². The first-order valence-corrected chi connectivity index (χ1v) is 8.89. The van der Waals surface area contributed by atoms with E-state index in [-0.39, 0.29) is 36.8 Å². The topological polar surface area (TPSA) is 90.7 Å². The monoisotopic (exact) mass is 434 g/mol. The van der Waals surface area contributed by atoms with Crippen molar-refractivity contribution < 1.29 is 19.1 Å². The third kappa shape index (κ3) is 6.58. The van der Waals surface area contributed by atoms with Crippen molar-refractivity contribution in [3.05, 3.63) is 34.3 Å². The maximum atomic E-state index is 12.5. The number of esters is 1.